The molecule has 0 saturated carbocycles. The number of para-hydroxylation sites is 1. The van der Waals surface area contributed by atoms with Crippen molar-refractivity contribution in [3.63, 3.8) is 0 Å². The van der Waals surface area contributed by atoms with Crippen LogP contribution >= 0.6 is 0 Å². The number of hydrogen-bond donors (Lipinski definition) is 2. The highest BCUT2D eigenvalue weighted by atomic mass is 16.5. The molecule has 1 heterocycles. The van der Waals surface area contributed by atoms with Gasteiger partial charge in [-0.25, -0.2) is 14.8 Å². The Bertz CT molecular complexity index is 943. The molecule has 0 aliphatic carbocycles. The van der Waals surface area contributed by atoms with Gasteiger partial charge >= 0.3 is 5.97 Å². The van der Waals surface area contributed by atoms with Crippen LogP contribution in [0.4, 0.5) is 11.5 Å². The summed E-state index contributed by atoms with van der Waals surface area (Å²) in [6, 6.07) is 16.6. The van der Waals surface area contributed by atoms with Crippen LogP contribution in [-0.4, -0.2) is 28.5 Å². The molecule has 0 bridgehead atoms. The van der Waals surface area contributed by atoms with Crippen LogP contribution in [0, 0.1) is 0 Å². The first kappa shape index (κ1) is 19.0. The predicted octanol–water partition coefficient (Wildman–Crippen LogP) is 3.33. The maximum absolute atomic E-state index is 12.2. The molecule has 0 atom stereocenters. The standard InChI is InChI=1S/C21H20N4O3/c1-2-28-21(27)16-10-6-7-11-17(16)25-19-14-22-18(13-23-19)20(26)24-12-15-8-4-3-5-9-15/h3-11,13-14H,2,12H2,1H3,(H,23,25)(H,24,26). The molecular weight excluding hydrogens is 356 g/mol. The van der Waals surface area contributed by atoms with Crippen molar-refractivity contribution in [2.45, 2.75) is 13.5 Å². The van der Waals surface area contributed by atoms with Gasteiger partial charge in [-0.2, -0.15) is 0 Å². The molecule has 142 valence electrons. The lowest BCUT2D eigenvalue weighted by atomic mass is 10.2. The van der Waals surface area contributed by atoms with Gasteiger partial charge in [0.25, 0.3) is 5.91 Å². The number of nitrogens with one attached hydrogen (secondary N) is 2. The van der Waals surface area contributed by atoms with Crippen molar-refractivity contribution in [3.8, 4) is 0 Å². The molecule has 2 aromatic carbocycles. The highest BCUT2D eigenvalue weighted by Gasteiger charge is 2.13. The van der Waals surface area contributed by atoms with Crippen molar-refractivity contribution < 1.29 is 14.3 Å². The molecule has 0 aliphatic heterocycles. The summed E-state index contributed by atoms with van der Waals surface area (Å²) in [4.78, 5) is 32.6. The average molecular weight is 376 g/mol. The SMILES string of the molecule is CCOC(=O)c1ccccc1Nc1cnc(C(=O)NCc2ccccc2)cn1. The van der Waals surface area contributed by atoms with Gasteiger partial charge in [0.1, 0.15) is 11.5 Å². The summed E-state index contributed by atoms with van der Waals surface area (Å²) >= 11 is 0. The van der Waals surface area contributed by atoms with E-state index in [9.17, 15) is 9.59 Å². The number of benzene rings is 2. The zero-order valence-electron chi connectivity index (χ0n) is 15.4. The van der Waals surface area contributed by atoms with Crippen molar-refractivity contribution in [3.05, 3.63) is 83.8 Å². The number of ether oxygens (including phenoxy) is 1. The molecule has 3 rings (SSSR count). The summed E-state index contributed by atoms with van der Waals surface area (Å²) in [6.07, 6.45) is 2.83. The maximum atomic E-state index is 12.2. The fourth-order valence-corrected chi connectivity index (χ4v) is 2.50. The lowest BCUT2D eigenvalue weighted by Gasteiger charge is -2.10. The third-order valence-corrected chi connectivity index (χ3v) is 3.87. The zero-order valence-corrected chi connectivity index (χ0v) is 15.4. The van der Waals surface area contributed by atoms with Crippen molar-refractivity contribution in [2.24, 2.45) is 0 Å². The first-order valence-electron chi connectivity index (χ1n) is 8.84. The molecule has 0 aliphatic rings. The number of amides is 1. The molecule has 2 N–H and O–H groups in total. The van der Waals surface area contributed by atoms with E-state index in [1.54, 1.807) is 31.2 Å². The van der Waals surface area contributed by atoms with Gasteiger partial charge in [0.15, 0.2) is 0 Å². The number of nitrogens with zero attached hydrogens (tertiary/aromatic N) is 2. The topological polar surface area (TPSA) is 93.2 Å². The Morgan fingerprint density at radius 1 is 0.964 bits per heavy atom. The highest BCUT2D eigenvalue weighted by Crippen LogP contribution is 2.20. The van der Waals surface area contributed by atoms with Gasteiger partial charge in [-0.05, 0) is 24.6 Å². The molecular formula is C21H20N4O3. The third kappa shape index (κ3) is 4.91. The molecule has 0 fully saturated rings. The van der Waals surface area contributed by atoms with Crippen LogP contribution in [0.3, 0.4) is 0 Å². The van der Waals surface area contributed by atoms with E-state index >= 15 is 0 Å². The maximum Gasteiger partial charge on any atom is 0.340 e. The van der Waals surface area contributed by atoms with Gasteiger partial charge < -0.3 is 15.4 Å². The number of esters is 1. The molecule has 7 nitrogen and oxygen atoms in total. The number of aromatic nitrogens is 2. The predicted molar refractivity (Wildman–Crippen MR) is 105 cm³/mol. The van der Waals surface area contributed by atoms with Crippen molar-refractivity contribution >= 4 is 23.4 Å². The molecule has 7 heteroatoms. The Morgan fingerprint density at radius 3 is 2.43 bits per heavy atom. The molecule has 0 unspecified atom stereocenters. The zero-order chi connectivity index (χ0) is 19.8. The van der Waals surface area contributed by atoms with Crippen LogP contribution in [0.15, 0.2) is 67.0 Å². The first-order chi connectivity index (χ1) is 13.7. The fraction of sp³-hybridized carbons (Fsp3) is 0.143. The number of anilines is 2. The van der Waals surface area contributed by atoms with Gasteiger partial charge in [0.2, 0.25) is 0 Å². The molecule has 1 aromatic heterocycles. The Labute approximate surface area is 162 Å². The summed E-state index contributed by atoms with van der Waals surface area (Å²) in [7, 11) is 0. The lowest BCUT2D eigenvalue weighted by molar-refractivity contribution is 0.0527. The second kappa shape index (κ2) is 9.27. The smallest absolute Gasteiger partial charge is 0.340 e. The molecule has 28 heavy (non-hydrogen) atoms. The van der Waals surface area contributed by atoms with Crippen LogP contribution in [0.2, 0.25) is 0 Å². The van der Waals surface area contributed by atoms with E-state index in [1.165, 1.54) is 12.4 Å². The molecule has 0 spiro atoms. The summed E-state index contributed by atoms with van der Waals surface area (Å²) in [5.74, 6) is -0.318. The Morgan fingerprint density at radius 2 is 1.71 bits per heavy atom. The van der Waals surface area contributed by atoms with Gasteiger partial charge in [0.05, 0.1) is 30.3 Å². The lowest BCUT2D eigenvalue weighted by Crippen LogP contribution is -2.24. The van der Waals surface area contributed by atoms with Gasteiger partial charge in [-0.1, -0.05) is 42.5 Å². The summed E-state index contributed by atoms with van der Waals surface area (Å²) in [5, 5.41) is 5.83. The van der Waals surface area contributed by atoms with Gasteiger partial charge in [-0.15, -0.1) is 0 Å². The van der Waals surface area contributed by atoms with E-state index in [4.69, 9.17) is 4.74 Å². The molecule has 0 radical (unpaired) electrons. The van der Waals surface area contributed by atoms with E-state index < -0.39 is 5.97 Å². The molecule has 0 saturated heterocycles. The second-order valence-electron chi connectivity index (χ2n) is 5.85. The van der Waals surface area contributed by atoms with E-state index in [2.05, 4.69) is 20.6 Å². The van der Waals surface area contributed by atoms with Gasteiger partial charge in [-0.3, -0.25) is 4.79 Å². The summed E-state index contributed by atoms with van der Waals surface area (Å²) in [6.45, 7) is 2.45. The molecule has 3 aromatic rings. The van der Waals surface area contributed by atoms with Crippen LogP contribution in [0.25, 0.3) is 0 Å². The normalized spacial score (nSPS) is 10.2. The highest BCUT2D eigenvalue weighted by molar-refractivity contribution is 5.96. The Kier molecular flexibility index (Phi) is 6.30. The summed E-state index contributed by atoms with van der Waals surface area (Å²) < 4.78 is 5.05. The monoisotopic (exact) mass is 376 g/mol. The first-order valence-corrected chi connectivity index (χ1v) is 8.84. The van der Waals surface area contributed by atoms with E-state index in [1.807, 2.05) is 30.3 Å². The molecule has 1 amide bonds. The van der Waals surface area contributed by atoms with E-state index in [0.717, 1.165) is 5.56 Å². The number of carbonyl (C=O) groups is 2. The van der Waals surface area contributed by atoms with Crippen LogP contribution in [0.1, 0.15) is 33.3 Å². The van der Waals surface area contributed by atoms with Crippen LogP contribution in [-0.2, 0) is 11.3 Å². The minimum absolute atomic E-state index is 0.208. The number of carbonyl (C=O) groups excluding carboxylic acids is 2. The van der Waals surface area contributed by atoms with Crippen molar-refractivity contribution in [1.82, 2.24) is 15.3 Å². The quantitative estimate of drug-likeness (QED) is 0.615. The van der Waals surface area contributed by atoms with Gasteiger partial charge in [0, 0.05) is 6.54 Å². The second-order valence-corrected chi connectivity index (χ2v) is 5.85. The van der Waals surface area contributed by atoms with Crippen LogP contribution in [0.5, 0.6) is 0 Å². The van der Waals surface area contributed by atoms with E-state index in [0.29, 0.717) is 30.2 Å². The van der Waals surface area contributed by atoms with E-state index in [-0.39, 0.29) is 11.6 Å². The number of rotatable bonds is 7. The largest absolute Gasteiger partial charge is 0.462 e. The minimum Gasteiger partial charge on any atom is -0.462 e. The summed E-state index contributed by atoms with van der Waals surface area (Å²) in [5.41, 5.74) is 2.16. The Balaban J connectivity index is 1.65. The van der Waals surface area contributed by atoms with Crippen molar-refractivity contribution in [1.29, 1.82) is 0 Å². The average Bonchev–Trinajstić information content (AvgIpc) is 2.74. The minimum atomic E-state index is -0.421. The number of hydrogen-bond acceptors (Lipinski definition) is 6. The third-order valence-electron chi connectivity index (χ3n) is 3.87. The fourth-order valence-electron chi connectivity index (χ4n) is 2.50. The Hall–Kier alpha value is -3.74. The van der Waals surface area contributed by atoms with Crippen LogP contribution < -0.4 is 10.6 Å². The van der Waals surface area contributed by atoms with Crippen molar-refractivity contribution in [2.75, 3.05) is 11.9 Å².